The first kappa shape index (κ1) is 17.5. The van der Waals surface area contributed by atoms with Crippen molar-refractivity contribution in [2.75, 3.05) is 6.54 Å². The average molecular weight is 363 g/mol. The molecule has 0 radical (unpaired) electrons. The van der Waals surface area contributed by atoms with Gasteiger partial charge in [-0.25, -0.2) is 17.2 Å². The van der Waals surface area contributed by atoms with Crippen molar-refractivity contribution in [3.05, 3.63) is 32.8 Å². The number of halogens is 4. The van der Waals surface area contributed by atoms with Crippen LogP contribution in [0.4, 0.5) is 14.5 Å². The van der Waals surface area contributed by atoms with Gasteiger partial charge in [0.2, 0.25) is 0 Å². The third-order valence-electron chi connectivity index (χ3n) is 2.16. The highest BCUT2D eigenvalue weighted by atomic mass is 35.7. The number of alkyl halides is 2. The van der Waals surface area contributed by atoms with Crippen LogP contribution in [0.1, 0.15) is 10.4 Å². The van der Waals surface area contributed by atoms with Crippen molar-refractivity contribution in [2.45, 2.75) is 11.3 Å². The molecule has 1 rings (SSSR count). The number of nitrogens with zero attached hydrogens (tertiary/aromatic N) is 1. The van der Waals surface area contributed by atoms with E-state index in [-0.39, 0.29) is 0 Å². The van der Waals surface area contributed by atoms with Crippen LogP contribution in [0, 0.1) is 10.1 Å². The van der Waals surface area contributed by atoms with Crippen molar-refractivity contribution in [2.24, 2.45) is 0 Å². The van der Waals surface area contributed by atoms with E-state index >= 15 is 0 Å². The number of nitrogens with one attached hydrogen (secondary N) is 1. The first-order chi connectivity index (χ1) is 9.54. The van der Waals surface area contributed by atoms with E-state index in [0.717, 1.165) is 0 Å². The van der Waals surface area contributed by atoms with Gasteiger partial charge in [0.05, 0.1) is 11.5 Å². The summed E-state index contributed by atoms with van der Waals surface area (Å²) in [5, 5.41) is 11.8. The predicted molar refractivity (Wildman–Crippen MR) is 69.5 cm³/mol. The van der Waals surface area contributed by atoms with Crippen LogP contribution in [0.25, 0.3) is 0 Å². The Hall–Kier alpha value is -1.52. The van der Waals surface area contributed by atoms with Gasteiger partial charge in [-0.15, -0.1) is 0 Å². The molecule has 0 bridgehead atoms. The minimum atomic E-state index is -4.47. The van der Waals surface area contributed by atoms with E-state index in [1.807, 2.05) is 0 Å². The molecular weight excluding hydrogens is 357 g/mol. The zero-order chi connectivity index (χ0) is 16.4. The van der Waals surface area contributed by atoms with Crippen LogP contribution in [0.2, 0.25) is 5.02 Å². The number of hydrogen-bond acceptors (Lipinski definition) is 5. The van der Waals surface area contributed by atoms with Crippen LogP contribution in [-0.2, 0) is 9.05 Å². The van der Waals surface area contributed by atoms with Crippen LogP contribution < -0.4 is 5.32 Å². The van der Waals surface area contributed by atoms with Crippen molar-refractivity contribution < 1.29 is 26.9 Å². The maximum atomic E-state index is 12.0. The molecule has 116 valence electrons. The van der Waals surface area contributed by atoms with Crippen LogP contribution in [0.15, 0.2) is 17.0 Å². The molecule has 0 aromatic heterocycles. The number of rotatable bonds is 5. The number of hydrogen-bond donors (Lipinski definition) is 1. The number of carbonyl (C=O) groups excluding carboxylic acids is 1. The average Bonchev–Trinajstić information content (AvgIpc) is 2.34. The minimum Gasteiger partial charge on any atom is -0.346 e. The summed E-state index contributed by atoms with van der Waals surface area (Å²) in [6, 6.07) is 1.33. The first-order valence-electron chi connectivity index (χ1n) is 5.03. The topological polar surface area (TPSA) is 106 Å². The highest BCUT2D eigenvalue weighted by molar-refractivity contribution is 8.13. The van der Waals surface area contributed by atoms with Gasteiger partial charge in [-0.3, -0.25) is 14.9 Å². The molecule has 1 amide bonds. The van der Waals surface area contributed by atoms with Gasteiger partial charge >= 0.3 is 0 Å². The van der Waals surface area contributed by atoms with E-state index < -0.39 is 54.0 Å². The molecule has 0 heterocycles. The molecule has 1 aromatic rings. The highest BCUT2D eigenvalue weighted by Crippen LogP contribution is 2.34. The zero-order valence-corrected chi connectivity index (χ0v) is 12.2. The second-order valence-corrected chi connectivity index (χ2v) is 6.52. The van der Waals surface area contributed by atoms with Crippen LogP contribution >= 0.6 is 22.3 Å². The Bertz CT molecular complexity index is 696. The fraction of sp³-hybridized carbons (Fsp3) is 0.222. The van der Waals surface area contributed by atoms with E-state index in [1.165, 1.54) is 0 Å². The molecule has 0 aliphatic rings. The van der Waals surface area contributed by atoms with E-state index in [0.29, 0.717) is 12.1 Å². The van der Waals surface area contributed by atoms with Gasteiger partial charge in [0.15, 0.2) is 0 Å². The first-order valence-corrected chi connectivity index (χ1v) is 7.71. The Balaban J connectivity index is 3.38. The van der Waals surface area contributed by atoms with Crippen molar-refractivity contribution in [1.82, 2.24) is 5.32 Å². The Morgan fingerprint density at radius 1 is 1.43 bits per heavy atom. The van der Waals surface area contributed by atoms with Crippen LogP contribution in [0.3, 0.4) is 0 Å². The Kier molecular flexibility index (Phi) is 5.42. The summed E-state index contributed by atoms with van der Waals surface area (Å²) in [7, 11) is 0.589. The Labute approximate surface area is 126 Å². The fourth-order valence-electron chi connectivity index (χ4n) is 1.30. The molecule has 0 saturated carbocycles. The molecule has 0 aliphatic heterocycles. The Morgan fingerprint density at radius 3 is 2.43 bits per heavy atom. The van der Waals surface area contributed by atoms with Gasteiger partial charge in [0, 0.05) is 22.3 Å². The normalized spacial score (nSPS) is 11.5. The molecule has 1 aromatic carbocycles. The van der Waals surface area contributed by atoms with Crippen LogP contribution in [-0.4, -0.2) is 32.2 Å². The Morgan fingerprint density at radius 2 is 2.00 bits per heavy atom. The number of nitro benzene ring substituents is 1. The third-order valence-corrected chi connectivity index (χ3v) is 4.01. The lowest BCUT2D eigenvalue weighted by molar-refractivity contribution is -0.384. The number of benzene rings is 1. The second kappa shape index (κ2) is 6.50. The maximum absolute atomic E-state index is 12.0. The van der Waals surface area contributed by atoms with Crippen molar-refractivity contribution in [3.63, 3.8) is 0 Å². The molecule has 21 heavy (non-hydrogen) atoms. The quantitative estimate of drug-likeness (QED) is 0.490. The molecule has 0 aliphatic carbocycles. The summed E-state index contributed by atoms with van der Waals surface area (Å²) < 4.78 is 46.5. The fourth-order valence-corrected chi connectivity index (χ4v) is 2.85. The number of carbonyl (C=O) groups is 1. The molecule has 12 heteroatoms. The second-order valence-electron chi connectivity index (χ2n) is 3.60. The molecule has 0 atom stereocenters. The summed E-state index contributed by atoms with van der Waals surface area (Å²) in [6.45, 7) is -1.00. The van der Waals surface area contributed by atoms with E-state index in [1.54, 1.807) is 5.32 Å². The van der Waals surface area contributed by atoms with Crippen molar-refractivity contribution in [1.29, 1.82) is 0 Å². The predicted octanol–water partition coefficient (Wildman–Crippen LogP) is 2.17. The van der Waals surface area contributed by atoms with Gasteiger partial charge in [0.25, 0.3) is 27.1 Å². The van der Waals surface area contributed by atoms with Gasteiger partial charge in [-0.1, -0.05) is 11.6 Å². The monoisotopic (exact) mass is 362 g/mol. The molecule has 0 fully saturated rings. The van der Waals surface area contributed by atoms with Gasteiger partial charge in [-0.05, 0) is 6.07 Å². The third kappa shape index (κ3) is 4.48. The smallest absolute Gasteiger partial charge is 0.290 e. The van der Waals surface area contributed by atoms with Crippen molar-refractivity contribution >= 4 is 42.9 Å². The standard InChI is InChI=1S/C9H6Cl2F2N2O5S/c10-8-5(15(17)18)1-4(2-6(8)21(11,19)20)9(16)14-3-7(12)13/h1-2,7H,3H2,(H,14,16). The number of nitro groups is 1. The molecular formula is C9H6Cl2F2N2O5S. The number of amides is 1. The molecule has 7 nitrogen and oxygen atoms in total. The minimum absolute atomic E-state index is 0.536. The molecule has 0 spiro atoms. The zero-order valence-electron chi connectivity index (χ0n) is 9.85. The summed E-state index contributed by atoms with van der Waals surface area (Å²) in [5.41, 5.74) is -1.42. The van der Waals surface area contributed by atoms with E-state index in [9.17, 15) is 32.1 Å². The molecule has 0 unspecified atom stereocenters. The lowest BCUT2D eigenvalue weighted by Gasteiger charge is -2.07. The lowest BCUT2D eigenvalue weighted by Crippen LogP contribution is -2.28. The van der Waals surface area contributed by atoms with Crippen LogP contribution in [0.5, 0.6) is 0 Å². The van der Waals surface area contributed by atoms with Crippen molar-refractivity contribution in [3.8, 4) is 0 Å². The summed E-state index contributed by atoms with van der Waals surface area (Å²) in [6.07, 6.45) is -2.84. The lowest BCUT2D eigenvalue weighted by atomic mass is 10.2. The van der Waals surface area contributed by atoms with Gasteiger partial charge in [0.1, 0.15) is 9.92 Å². The van der Waals surface area contributed by atoms with Gasteiger partial charge < -0.3 is 5.32 Å². The van der Waals surface area contributed by atoms with E-state index in [2.05, 4.69) is 0 Å². The maximum Gasteiger partial charge on any atom is 0.290 e. The van der Waals surface area contributed by atoms with E-state index in [4.69, 9.17) is 22.3 Å². The SMILES string of the molecule is O=C(NCC(F)F)c1cc([N+](=O)[O-])c(Cl)c(S(=O)(=O)Cl)c1. The summed E-state index contributed by atoms with van der Waals surface area (Å²) in [4.78, 5) is 20.5. The largest absolute Gasteiger partial charge is 0.346 e. The highest BCUT2D eigenvalue weighted by Gasteiger charge is 2.27. The van der Waals surface area contributed by atoms with Gasteiger partial charge in [-0.2, -0.15) is 0 Å². The summed E-state index contributed by atoms with van der Waals surface area (Å²) >= 11 is 5.54. The summed E-state index contributed by atoms with van der Waals surface area (Å²) in [5.74, 6) is -1.13. The molecule has 1 N–H and O–H groups in total. The molecule has 0 saturated heterocycles.